The maximum atomic E-state index is 12.1. The van der Waals surface area contributed by atoms with Crippen molar-refractivity contribution in [3.8, 4) is 5.75 Å². The molecule has 3 nitrogen and oxygen atoms in total. The molecule has 2 heterocycles. The Hall–Kier alpha value is -1.43. The molecule has 20 heavy (non-hydrogen) atoms. The molecule has 2 aliphatic heterocycles. The summed E-state index contributed by atoms with van der Waals surface area (Å²) < 4.78 is 40.3. The number of rotatable bonds is 2. The summed E-state index contributed by atoms with van der Waals surface area (Å²) in [5.74, 6) is -0.168. The number of ether oxygens (including phenoxy) is 1. The van der Waals surface area contributed by atoms with Gasteiger partial charge in [-0.1, -0.05) is 0 Å². The Morgan fingerprint density at radius 1 is 1.15 bits per heavy atom. The number of halogens is 3. The second kappa shape index (κ2) is 5.16. The lowest BCUT2D eigenvalue weighted by Crippen LogP contribution is -2.46. The molecule has 1 N–H and O–H groups in total. The van der Waals surface area contributed by atoms with Crippen LogP contribution in [0, 0.1) is 0 Å². The number of anilines is 1. The lowest BCUT2D eigenvalue weighted by atomic mass is 9.99. The molecule has 0 aliphatic carbocycles. The number of hydrogen-bond donors (Lipinski definition) is 1. The minimum Gasteiger partial charge on any atom is -0.406 e. The lowest BCUT2D eigenvalue weighted by Gasteiger charge is -2.33. The van der Waals surface area contributed by atoms with Crippen LogP contribution in [-0.2, 0) is 0 Å². The molecule has 0 aromatic heterocycles. The number of fused-ring (bicyclic) bond motifs is 1. The number of hydrogen-bond acceptors (Lipinski definition) is 3. The van der Waals surface area contributed by atoms with Gasteiger partial charge in [-0.05, 0) is 50.1 Å². The summed E-state index contributed by atoms with van der Waals surface area (Å²) in [6.07, 6.45) is -1.26. The van der Waals surface area contributed by atoms with Gasteiger partial charge in [0.1, 0.15) is 5.75 Å². The molecule has 6 heteroatoms. The van der Waals surface area contributed by atoms with E-state index in [1.807, 2.05) is 0 Å². The van der Waals surface area contributed by atoms with Crippen LogP contribution in [0.1, 0.15) is 19.3 Å². The third-order valence-corrected chi connectivity index (χ3v) is 4.03. The molecular weight excluding hydrogens is 269 g/mol. The van der Waals surface area contributed by atoms with Crippen LogP contribution in [0.2, 0.25) is 0 Å². The minimum atomic E-state index is -4.63. The predicted octanol–water partition coefficient (Wildman–Crippen LogP) is 2.92. The van der Waals surface area contributed by atoms with Crippen molar-refractivity contribution in [2.24, 2.45) is 0 Å². The van der Waals surface area contributed by atoms with Gasteiger partial charge in [-0.2, -0.15) is 0 Å². The van der Waals surface area contributed by atoms with Crippen molar-refractivity contribution >= 4 is 5.69 Å². The molecule has 0 amide bonds. The fourth-order valence-electron chi connectivity index (χ4n) is 3.21. The average Bonchev–Trinajstić information content (AvgIpc) is 2.82. The first-order valence-electron chi connectivity index (χ1n) is 6.89. The van der Waals surface area contributed by atoms with E-state index in [0.717, 1.165) is 38.0 Å². The zero-order valence-corrected chi connectivity index (χ0v) is 11.0. The second-order valence-corrected chi connectivity index (χ2v) is 5.29. The molecular formula is C14H17F3N2O. The van der Waals surface area contributed by atoms with Gasteiger partial charge in [-0.15, -0.1) is 13.2 Å². The molecule has 2 aliphatic rings. The van der Waals surface area contributed by atoms with E-state index in [9.17, 15) is 13.2 Å². The Morgan fingerprint density at radius 3 is 2.60 bits per heavy atom. The van der Waals surface area contributed by atoms with E-state index in [2.05, 4.69) is 15.0 Å². The first-order valence-corrected chi connectivity index (χ1v) is 6.89. The summed E-state index contributed by atoms with van der Waals surface area (Å²) in [7, 11) is 0. The number of nitrogens with zero attached hydrogens (tertiary/aromatic N) is 1. The summed E-state index contributed by atoms with van der Waals surface area (Å²) in [6, 6.07) is 7.14. The topological polar surface area (TPSA) is 24.5 Å². The summed E-state index contributed by atoms with van der Waals surface area (Å²) in [4.78, 5) is 2.29. The van der Waals surface area contributed by atoms with E-state index < -0.39 is 6.36 Å². The molecule has 0 saturated carbocycles. The highest BCUT2D eigenvalue weighted by molar-refractivity contribution is 5.51. The van der Waals surface area contributed by atoms with E-state index in [4.69, 9.17) is 0 Å². The maximum Gasteiger partial charge on any atom is 0.573 e. The quantitative estimate of drug-likeness (QED) is 0.904. The van der Waals surface area contributed by atoms with Crippen molar-refractivity contribution in [3.63, 3.8) is 0 Å². The van der Waals surface area contributed by atoms with Crippen LogP contribution in [0.5, 0.6) is 5.75 Å². The van der Waals surface area contributed by atoms with Crippen LogP contribution in [0.25, 0.3) is 0 Å². The Labute approximate surface area is 115 Å². The van der Waals surface area contributed by atoms with Crippen molar-refractivity contribution in [3.05, 3.63) is 24.3 Å². The molecule has 110 valence electrons. The van der Waals surface area contributed by atoms with Gasteiger partial charge >= 0.3 is 6.36 Å². The third kappa shape index (κ3) is 2.85. The first kappa shape index (κ1) is 13.5. The maximum absolute atomic E-state index is 12.1. The van der Waals surface area contributed by atoms with Gasteiger partial charge in [0.05, 0.1) is 0 Å². The first-order chi connectivity index (χ1) is 9.53. The van der Waals surface area contributed by atoms with Crippen molar-refractivity contribution in [2.75, 3.05) is 18.0 Å². The van der Waals surface area contributed by atoms with E-state index in [-0.39, 0.29) is 5.75 Å². The number of alkyl halides is 3. The normalized spacial score (nSPS) is 26.4. The van der Waals surface area contributed by atoms with Crippen LogP contribution < -0.4 is 15.0 Å². The summed E-state index contributed by atoms with van der Waals surface area (Å²) in [5, 5.41) is 3.51. The number of nitrogens with one attached hydrogen (secondary N) is 1. The zero-order chi connectivity index (χ0) is 14.2. The molecule has 2 atom stereocenters. The smallest absolute Gasteiger partial charge is 0.406 e. The molecule has 0 bridgehead atoms. The molecule has 2 saturated heterocycles. The number of benzene rings is 1. The molecule has 0 spiro atoms. The van der Waals surface area contributed by atoms with E-state index in [1.54, 1.807) is 12.1 Å². The Morgan fingerprint density at radius 2 is 1.90 bits per heavy atom. The molecule has 1 aromatic carbocycles. The van der Waals surface area contributed by atoms with Crippen molar-refractivity contribution in [1.82, 2.24) is 5.32 Å². The van der Waals surface area contributed by atoms with Crippen molar-refractivity contribution in [1.29, 1.82) is 0 Å². The van der Waals surface area contributed by atoms with Gasteiger partial charge in [0, 0.05) is 24.3 Å². The highest BCUT2D eigenvalue weighted by atomic mass is 19.4. The SMILES string of the molecule is FC(F)(F)Oc1ccc(N2CCC3NCCCC32)cc1. The largest absolute Gasteiger partial charge is 0.573 e. The van der Waals surface area contributed by atoms with Gasteiger partial charge < -0.3 is 15.0 Å². The summed E-state index contributed by atoms with van der Waals surface area (Å²) >= 11 is 0. The second-order valence-electron chi connectivity index (χ2n) is 5.29. The number of piperidine rings is 1. The minimum absolute atomic E-state index is 0.168. The Kier molecular flexibility index (Phi) is 3.50. The predicted molar refractivity (Wildman–Crippen MR) is 69.9 cm³/mol. The summed E-state index contributed by atoms with van der Waals surface area (Å²) in [5.41, 5.74) is 0.968. The van der Waals surface area contributed by atoms with Crippen LogP contribution in [0.15, 0.2) is 24.3 Å². The lowest BCUT2D eigenvalue weighted by molar-refractivity contribution is -0.274. The van der Waals surface area contributed by atoms with E-state index >= 15 is 0 Å². The van der Waals surface area contributed by atoms with Gasteiger partial charge in [0.25, 0.3) is 0 Å². The molecule has 2 fully saturated rings. The highest BCUT2D eigenvalue weighted by Gasteiger charge is 2.36. The fraction of sp³-hybridized carbons (Fsp3) is 0.571. The average molecular weight is 286 g/mol. The van der Waals surface area contributed by atoms with E-state index in [0.29, 0.717) is 12.1 Å². The standard InChI is InChI=1S/C14H17F3N2O/c15-14(16,17)20-11-5-3-10(4-6-11)19-9-7-12-13(19)2-1-8-18-12/h3-6,12-13,18H,1-2,7-9H2. The summed E-state index contributed by atoms with van der Waals surface area (Å²) in [6.45, 7) is 2.01. The van der Waals surface area contributed by atoms with Crippen molar-refractivity contribution < 1.29 is 17.9 Å². The fourth-order valence-corrected chi connectivity index (χ4v) is 3.21. The molecule has 2 unspecified atom stereocenters. The van der Waals surface area contributed by atoms with E-state index in [1.165, 1.54) is 12.1 Å². The van der Waals surface area contributed by atoms with Crippen LogP contribution >= 0.6 is 0 Å². The van der Waals surface area contributed by atoms with Crippen LogP contribution in [-0.4, -0.2) is 31.5 Å². The van der Waals surface area contributed by atoms with Crippen molar-refractivity contribution in [2.45, 2.75) is 37.7 Å². The van der Waals surface area contributed by atoms with Gasteiger partial charge in [-0.3, -0.25) is 0 Å². The highest BCUT2D eigenvalue weighted by Crippen LogP contribution is 2.32. The van der Waals surface area contributed by atoms with Gasteiger partial charge in [-0.25, -0.2) is 0 Å². The third-order valence-electron chi connectivity index (χ3n) is 4.03. The molecule has 3 rings (SSSR count). The monoisotopic (exact) mass is 286 g/mol. The van der Waals surface area contributed by atoms with Gasteiger partial charge in [0.15, 0.2) is 0 Å². The van der Waals surface area contributed by atoms with Crippen LogP contribution in [0.4, 0.5) is 18.9 Å². The Bertz CT molecular complexity index is 460. The molecule has 1 aromatic rings. The van der Waals surface area contributed by atoms with Crippen LogP contribution in [0.3, 0.4) is 0 Å². The Balaban J connectivity index is 1.71. The molecule has 0 radical (unpaired) electrons. The zero-order valence-electron chi connectivity index (χ0n) is 11.0. The van der Waals surface area contributed by atoms with Gasteiger partial charge in [0.2, 0.25) is 0 Å².